The Morgan fingerprint density at radius 3 is 2.37 bits per heavy atom. The molecule has 2 atom stereocenters. The van der Waals surface area contributed by atoms with E-state index in [-0.39, 0.29) is 41.3 Å². The Morgan fingerprint density at radius 1 is 1.07 bits per heavy atom. The first-order chi connectivity index (χ1) is 19.7. The molecule has 0 unspecified atom stereocenters. The maximum atomic E-state index is 14.0. The molecule has 216 valence electrons. The third-order valence-electron chi connectivity index (χ3n) is 6.68. The lowest BCUT2D eigenvalue weighted by Gasteiger charge is -2.26. The molecule has 7 nitrogen and oxygen atoms in total. The van der Waals surface area contributed by atoms with Crippen molar-refractivity contribution in [2.75, 3.05) is 19.6 Å². The molecule has 0 aliphatic heterocycles. The van der Waals surface area contributed by atoms with Gasteiger partial charge in [-0.25, -0.2) is 8.78 Å². The average Bonchev–Trinajstić information content (AvgIpc) is 2.94. The van der Waals surface area contributed by atoms with Crippen molar-refractivity contribution in [3.63, 3.8) is 0 Å². The molecule has 0 fully saturated rings. The Bertz CT molecular complexity index is 1380. The topological polar surface area (TPSA) is 109 Å². The van der Waals surface area contributed by atoms with Crippen molar-refractivity contribution in [2.24, 2.45) is 5.73 Å². The molecular weight excluding hydrogens is 526 g/mol. The van der Waals surface area contributed by atoms with Crippen molar-refractivity contribution >= 4 is 11.8 Å². The van der Waals surface area contributed by atoms with E-state index in [0.717, 1.165) is 42.2 Å². The van der Waals surface area contributed by atoms with Crippen molar-refractivity contribution in [3.05, 3.63) is 99.9 Å². The summed E-state index contributed by atoms with van der Waals surface area (Å²) in [6.45, 7) is 5.47. The van der Waals surface area contributed by atoms with E-state index >= 15 is 0 Å². The molecule has 0 saturated heterocycles. The minimum absolute atomic E-state index is 0.0357. The number of aromatic nitrogens is 1. The van der Waals surface area contributed by atoms with Crippen LogP contribution < -0.4 is 11.1 Å². The number of hydrogen-bond acceptors (Lipinski definition) is 5. The van der Waals surface area contributed by atoms with Gasteiger partial charge in [0.05, 0.1) is 22.9 Å². The number of carbonyl (C=O) groups excluding carboxylic acids is 2. The molecular formula is C32H36F2N4O3. The second kappa shape index (κ2) is 15.0. The molecule has 0 spiro atoms. The lowest BCUT2D eigenvalue weighted by atomic mass is 9.87. The van der Waals surface area contributed by atoms with Crippen LogP contribution in [0.15, 0.2) is 54.7 Å². The molecule has 3 rings (SSSR count). The normalized spacial score (nSPS) is 12.4. The van der Waals surface area contributed by atoms with Gasteiger partial charge in [-0.2, -0.15) is 0 Å². The van der Waals surface area contributed by atoms with Crippen LogP contribution in [0.25, 0.3) is 0 Å². The van der Waals surface area contributed by atoms with Gasteiger partial charge in [0, 0.05) is 49.9 Å². The Balaban J connectivity index is 1.95. The highest BCUT2D eigenvalue weighted by molar-refractivity contribution is 5.99. The molecule has 4 N–H and O–H groups in total. The fourth-order valence-electron chi connectivity index (χ4n) is 4.80. The van der Waals surface area contributed by atoms with Crippen molar-refractivity contribution in [1.29, 1.82) is 0 Å². The number of aliphatic hydroxyl groups is 1. The standard InChI is InChI=1S/C32H36F2N4O3/c1-4-10-38(11-5-2)32(41)24-16-28(31(35)40)30(37-19-24)27(15-23-13-25(33)17-26(34)14-23)29(39)20-36-18-22-9-7-8-21(6-3)12-22/h3,7-9,12-14,16-17,19,27,29,36,39H,4-5,10-11,15,18,20H2,1-2H3,(H2,35,40)/t27-,29+/m1/s1. The van der Waals surface area contributed by atoms with Gasteiger partial charge in [0.15, 0.2) is 0 Å². The number of nitrogens with zero attached hydrogens (tertiary/aromatic N) is 2. The fraction of sp³-hybridized carbons (Fsp3) is 0.344. The number of pyridine rings is 1. The summed E-state index contributed by atoms with van der Waals surface area (Å²) < 4.78 is 28.0. The van der Waals surface area contributed by atoms with Gasteiger partial charge in [0.25, 0.3) is 11.8 Å². The summed E-state index contributed by atoms with van der Waals surface area (Å²) in [6.07, 6.45) is 7.18. The molecule has 9 heteroatoms. The van der Waals surface area contributed by atoms with Crippen molar-refractivity contribution in [3.8, 4) is 12.3 Å². The van der Waals surface area contributed by atoms with Crippen LogP contribution >= 0.6 is 0 Å². The summed E-state index contributed by atoms with van der Waals surface area (Å²) in [5.41, 5.74) is 7.91. The second-order valence-corrected chi connectivity index (χ2v) is 9.94. The third-order valence-corrected chi connectivity index (χ3v) is 6.68. The third kappa shape index (κ3) is 8.68. The summed E-state index contributed by atoms with van der Waals surface area (Å²) in [6, 6.07) is 11.8. The molecule has 1 heterocycles. The summed E-state index contributed by atoms with van der Waals surface area (Å²) in [5, 5.41) is 14.5. The van der Waals surface area contributed by atoms with Gasteiger partial charge in [-0.15, -0.1) is 6.42 Å². The molecule has 41 heavy (non-hydrogen) atoms. The molecule has 0 saturated carbocycles. The minimum Gasteiger partial charge on any atom is -0.391 e. The number of halogens is 2. The van der Waals surface area contributed by atoms with Gasteiger partial charge in [0.2, 0.25) is 0 Å². The molecule has 1 aromatic heterocycles. The van der Waals surface area contributed by atoms with Gasteiger partial charge in [-0.3, -0.25) is 14.6 Å². The number of benzene rings is 2. The highest BCUT2D eigenvalue weighted by atomic mass is 19.1. The Hall–Kier alpha value is -4.13. The van der Waals surface area contributed by atoms with Crippen molar-refractivity contribution in [2.45, 2.75) is 51.7 Å². The number of amides is 2. The molecule has 0 aliphatic rings. The predicted octanol–water partition coefficient (Wildman–Crippen LogP) is 4.18. The molecule has 0 radical (unpaired) electrons. The van der Waals surface area contributed by atoms with Gasteiger partial charge >= 0.3 is 0 Å². The lowest BCUT2D eigenvalue weighted by molar-refractivity contribution is 0.0755. The number of aliphatic hydroxyl groups excluding tert-OH is 1. The Kier molecular flexibility index (Phi) is 11.5. The van der Waals surface area contributed by atoms with E-state index in [1.807, 2.05) is 38.1 Å². The first kappa shape index (κ1) is 31.4. The van der Waals surface area contributed by atoms with E-state index in [1.165, 1.54) is 12.3 Å². The summed E-state index contributed by atoms with van der Waals surface area (Å²) in [4.78, 5) is 31.9. The van der Waals surface area contributed by atoms with E-state index in [2.05, 4.69) is 16.2 Å². The average molecular weight is 563 g/mol. The first-order valence-corrected chi connectivity index (χ1v) is 13.6. The van der Waals surface area contributed by atoms with E-state index in [0.29, 0.717) is 19.6 Å². The van der Waals surface area contributed by atoms with E-state index in [1.54, 1.807) is 4.90 Å². The van der Waals surface area contributed by atoms with Gasteiger partial charge in [-0.1, -0.05) is 31.9 Å². The Labute approximate surface area is 239 Å². The molecule has 2 amide bonds. The van der Waals surface area contributed by atoms with Crippen LogP contribution in [0.4, 0.5) is 8.78 Å². The van der Waals surface area contributed by atoms with Gasteiger partial charge < -0.3 is 21.1 Å². The smallest absolute Gasteiger partial charge is 0.255 e. The zero-order valence-electron chi connectivity index (χ0n) is 23.4. The SMILES string of the molecule is C#Cc1cccc(CNC[C@H](O)[C@@H](Cc2cc(F)cc(F)c2)c2ncc(C(=O)N(CCC)CCC)cc2C(N)=O)c1. The molecule has 0 aliphatic carbocycles. The second-order valence-electron chi connectivity index (χ2n) is 9.94. The molecule has 3 aromatic rings. The number of terminal acetylenes is 1. The number of primary amides is 1. The van der Waals surface area contributed by atoms with E-state index < -0.39 is 29.6 Å². The lowest BCUT2D eigenvalue weighted by Crippen LogP contribution is -2.35. The first-order valence-electron chi connectivity index (χ1n) is 13.6. The minimum atomic E-state index is -1.14. The number of nitrogens with two attached hydrogens (primary N) is 1. The largest absolute Gasteiger partial charge is 0.391 e. The van der Waals surface area contributed by atoms with Crippen LogP contribution in [0.5, 0.6) is 0 Å². The van der Waals surface area contributed by atoms with Crippen molar-refractivity contribution in [1.82, 2.24) is 15.2 Å². The number of nitrogens with one attached hydrogen (secondary N) is 1. The summed E-state index contributed by atoms with van der Waals surface area (Å²) >= 11 is 0. The predicted molar refractivity (Wildman–Crippen MR) is 154 cm³/mol. The van der Waals surface area contributed by atoms with Crippen molar-refractivity contribution < 1.29 is 23.5 Å². The van der Waals surface area contributed by atoms with Crippen LogP contribution in [0, 0.1) is 24.0 Å². The van der Waals surface area contributed by atoms with E-state index in [4.69, 9.17) is 12.2 Å². The summed E-state index contributed by atoms with van der Waals surface area (Å²) in [7, 11) is 0. The van der Waals surface area contributed by atoms with E-state index in [9.17, 15) is 23.5 Å². The monoisotopic (exact) mass is 562 g/mol. The van der Waals surface area contributed by atoms with Gasteiger partial charge in [-0.05, 0) is 60.7 Å². The number of carbonyl (C=O) groups is 2. The van der Waals surface area contributed by atoms with Crippen LogP contribution in [-0.2, 0) is 13.0 Å². The quantitative estimate of drug-likeness (QED) is 0.256. The zero-order valence-corrected chi connectivity index (χ0v) is 23.4. The molecule has 2 aromatic carbocycles. The number of rotatable bonds is 14. The maximum absolute atomic E-state index is 14.0. The summed E-state index contributed by atoms with van der Waals surface area (Å²) in [5.74, 6) is -0.954. The Morgan fingerprint density at radius 2 is 1.76 bits per heavy atom. The van der Waals surface area contributed by atoms with Gasteiger partial charge in [0.1, 0.15) is 11.6 Å². The van der Waals surface area contributed by atoms with Crippen LogP contribution in [0.1, 0.15) is 75.7 Å². The van der Waals surface area contributed by atoms with Crippen LogP contribution in [-0.4, -0.2) is 52.5 Å². The zero-order chi connectivity index (χ0) is 29.9. The van der Waals surface area contributed by atoms with Crippen LogP contribution in [0.2, 0.25) is 0 Å². The fourth-order valence-corrected chi connectivity index (χ4v) is 4.80. The molecule has 0 bridgehead atoms. The maximum Gasteiger partial charge on any atom is 0.255 e. The highest BCUT2D eigenvalue weighted by Gasteiger charge is 2.29. The van der Waals surface area contributed by atoms with Crippen LogP contribution in [0.3, 0.4) is 0 Å². The highest BCUT2D eigenvalue weighted by Crippen LogP contribution is 2.28. The number of hydrogen-bond donors (Lipinski definition) is 3.